The molecular formula is C10H20ClN. The summed E-state index contributed by atoms with van der Waals surface area (Å²) in [6.07, 6.45) is 5.15. The fourth-order valence-corrected chi connectivity index (χ4v) is 1.16. The van der Waals surface area contributed by atoms with E-state index in [0.29, 0.717) is 11.1 Å². The molecule has 72 valence electrons. The topological polar surface area (TPSA) is 12.0 Å². The Kier molecular flexibility index (Phi) is 7.62. The molecule has 0 aliphatic heterocycles. The van der Waals surface area contributed by atoms with Gasteiger partial charge in [0.05, 0.1) is 0 Å². The van der Waals surface area contributed by atoms with Crippen molar-refractivity contribution in [2.75, 3.05) is 6.54 Å². The third-order valence-corrected chi connectivity index (χ3v) is 2.02. The van der Waals surface area contributed by atoms with Crippen LogP contribution in [0.1, 0.15) is 39.5 Å². The van der Waals surface area contributed by atoms with E-state index in [4.69, 9.17) is 11.6 Å². The Bertz CT molecular complexity index is 123. The van der Waals surface area contributed by atoms with Crippen LogP contribution in [0.2, 0.25) is 0 Å². The Labute approximate surface area is 81.2 Å². The Morgan fingerprint density at radius 3 is 2.67 bits per heavy atom. The van der Waals surface area contributed by atoms with E-state index in [-0.39, 0.29) is 0 Å². The summed E-state index contributed by atoms with van der Waals surface area (Å²) in [5.74, 6) is 0. The normalized spacial score (nSPS) is 12.9. The highest BCUT2D eigenvalue weighted by molar-refractivity contribution is 6.29. The van der Waals surface area contributed by atoms with Crippen LogP contribution >= 0.6 is 11.6 Å². The van der Waals surface area contributed by atoms with E-state index in [1.807, 2.05) is 0 Å². The fourth-order valence-electron chi connectivity index (χ4n) is 1.09. The SMILES string of the molecule is C=C(Cl)CNC(C)CCCCC. The first kappa shape index (κ1) is 12.0. The molecule has 0 aliphatic rings. The van der Waals surface area contributed by atoms with Gasteiger partial charge in [0.25, 0.3) is 0 Å². The van der Waals surface area contributed by atoms with Crippen LogP contribution in [-0.2, 0) is 0 Å². The van der Waals surface area contributed by atoms with Crippen molar-refractivity contribution >= 4 is 11.6 Å². The molecule has 0 aromatic heterocycles. The highest BCUT2D eigenvalue weighted by Gasteiger charge is 1.99. The van der Waals surface area contributed by atoms with Crippen LogP contribution < -0.4 is 5.32 Å². The highest BCUT2D eigenvalue weighted by Crippen LogP contribution is 2.03. The van der Waals surface area contributed by atoms with Crippen LogP contribution in [0.4, 0.5) is 0 Å². The average Bonchev–Trinajstić information content (AvgIpc) is 2.01. The molecule has 0 rings (SSSR count). The molecule has 0 fully saturated rings. The minimum atomic E-state index is 0.562. The molecule has 0 spiro atoms. The van der Waals surface area contributed by atoms with Crippen molar-refractivity contribution in [1.29, 1.82) is 0 Å². The van der Waals surface area contributed by atoms with Crippen molar-refractivity contribution in [1.82, 2.24) is 5.32 Å². The highest BCUT2D eigenvalue weighted by atomic mass is 35.5. The lowest BCUT2D eigenvalue weighted by Gasteiger charge is -2.12. The Morgan fingerprint density at radius 1 is 1.50 bits per heavy atom. The molecule has 2 heteroatoms. The van der Waals surface area contributed by atoms with E-state index in [1.54, 1.807) is 0 Å². The number of nitrogens with one attached hydrogen (secondary N) is 1. The van der Waals surface area contributed by atoms with Crippen LogP contribution in [0.25, 0.3) is 0 Å². The number of hydrogen-bond donors (Lipinski definition) is 1. The number of rotatable bonds is 7. The first-order chi connectivity index (χ1) is 5.66. The van der Waals surface area contributed by atoms with Gasteiger partial charge in [0, 0.05) is 17.6 Å². The van der Waals surface area contributed by atoms with E-state index >= 15 is 0 Å². The molecule has 0 radical (unpaired) electrons. The van der Waals surface area contributed by atoms with Gasteiger partial charge in [0.2, 0.25) is 0 Å². The Balaban J connectivity index is 3.21. The fraction of sp³-hybridized carbons (Fsp3) is 0.800. The Hall–Kier alpha value is -0.0100. The van der Waals surface area contributed by atoms with E-state index in [9.17, 15) is 0 Å². The molecule has 0 saturated heterocycles. The second kappa shape index (κ2) is 7.63. The predicted octanol–water partition coefficient (Wildman–Crippen LogP) is 3.30. The summed E-state index contributed by atoms with van der Waals surface area (Å²) in [5.41, 5.74) is 0. The summed E-state index contributed by atoms with van der Waals surface area (Å²) in [6, 6.07) is 0.562. The molecule has 1 atom stereocenters. The first-order valence-corrected chi connectivity index (χ1v) is 5.11. The van der Waals surface area contributed by atoms with Gasteiger partial charge in [-0.2, -0.15) is 0 Å². The second-order valence-corrected chi connectivity index (χ2v) is 3.83. The summed E-state index contributed by atoms with van der Waals surface area (Å²) in [7, 11) is 0. The maximum atomic E-state index is 5.63. The largest absolute Gasteiger partial charge is 0.309 e. The molecule has 0 aromatic rings. The van der Waals surface area contributed by atoms with Crippen molar-refractivity contribution in [3.05, 3.63) is 11.6 Å². The van der Waals surface area contributed by atoms with Crippen LogP contribution in [0.5, 0.6) is 0 Å². The van der Waals surface area contributed by atoms with Crippen LogP contribution in [-0.4, -0.2) is 12.6 Å². The summed E-state index contributed by atoms with van der Waals surface area (Å²) in [4.78, 5) is 0. The zero-order valence-corrected chi connectivity index (χ0v) is 8.95. The standard InChI is InChI=1S/C10H20ClN/c1-4-5-6-7-10(3)12-8-9(2)11/h10,12H,2,4-8H2,1,3H3. The lowest BCUT2D eigenvalue weighted by molar-refractivity contribution is 0.508. The van der Waals surface area contributed by atoms with E-state index in [1.165, 1.54) is 25.7 Å². The zero-order chi connectivity index (χ0) is 9.40. The minimum Gasteiger partial charge on any atom is -0.309 e. The van der Waals surface area contributed by atoms with Crippen molar-refractivity contribution < 1.29 is 0 Å². The van der Waals surface area contributed by atoms with Gasteiger partial charge >= 0.3 is 0 Å². The predicted molar refractivity (Wildman–Crippen MR) is 56.6 cm³/mol. The maximum absolute atomic E-state index is 5.63. The zero-order valence-electron chi connectivity index (χ0n) is 8.20. The molecule has 0 aromatic carbocycles. The number of halogens is 1. The molecule has 12 heavy (non-hydrogen) atoms. The second-order valence-electron chi connectivity index (χ2n) is 3.29. The third-order valence-electron chi connectivity index (χ3n) is 1.88. The first-order valence-electron chi connectivity index (χ1n) is 4.73. The van der Waals surface area contributed by atoms with Crippen LogP contribution in [0, 0.1) is 0 Å². The summed E-state index contributed by atoms with van der Waals surface area (Å²) < 4.78 is 0. The third kappa shape index (κ3) is 8.09. The van der Waals surface area contributed by atoms with Gasteiger partial charge in [-0.25, -0.2) is 0 Å². The molecule has 0 saturated carbocycles. The van der Waals surface area contributed by atoms with Gasteiger partial charge in [-0.05, 0) is 13.3 Å². The monoisotopic (exact) mass is 189 g/mol. The lowest BCUT2D eigenvalue weighted by atomic mass is 10.1. The van der Waals surface area contributed by atoms with E-state index < -0.39 is 0 Å². The molecule has 0 aliphatic carbocycles. The van der Waals surface area contributed by atoms with Gasteiger partial charge in [-0.1, -0.05) is 44.4 Å². The van der Waals surface area contributed by atoms with E-state index in [2.05, 4.69) is 25.7 Å². The van der Waals surface area contributed by atoms with Crippen LogP contribution in [0.3, 0.4) is 0 Å². The average molecular weight is 190 g/mol. The quantitative estimate of drug-likeness (QED) is 0.606. The van der Waals surface area contributed by atoms with Gasteiger partial charge in [0.15, 0.2) is 0 Å². The smallest absolute Gasteiger partial charge is 0.0309 e. The van der Waals surface area contributed by atoms with Gasteiger partial charge in [-0.15, -0.1) is 0 Å². The van der Waals surface area contributed by atoms with Crippen molar-refractivity contribution in [3.63, 3.8) is 0 Å². The maximum Gasteiger partial charge on any atom is 0.0309 e. The molecule has 1 nitrogen and oxygen atoms in total. The van der Waals surface area contributed by atoms with Gasteiger partial charge < -0.3 is 5.32 Å². The Morgan fingerprint density at radius 2 is 2.17 bits per heavy atom. The summed E-state index contributed by atoms with van der Waals surface area (Å²) in [6.45, 7) is 8.77. The van der Waals surface area contributed by atoms with E-state index in [0.717, 1.165) is 6.54 Å². The minimum absolute atomic E-state index is 0.562. The lowest BCUT2D eigenvalue weighted by Crippen LogP contribution is -2.26. The molecule has 1 N–H and O–H groups in total. The number of unbranched alkanes of at least 4 members (excludes halogenated alkanes) is 2. The van der Waals surface area contributed by atoms with Crippen LogP contribution in [0.15, 0.2) is 11.6 Å². The molecule has 0 bridgehead atoms. The molecule has 0 amide bonds. The molecular weight excluding hydrogens is 170 g/mol. The molecule has 0 heterocycles. The van der Waals surface area contributed by atoms with Crippen molar-refractivity contribution in [2.24, 2.45) is 0 Å². The number of hydrogen-bond acceptors (Lipinski definition) is 1. The van der Waals surface area contributed by atoms with Gasteiger partial charge in [0.1, 0.15) is 0 Å². The van der Waals surface area contributed by atoms with Gasteiger partial charge in [-0.3, -0.25) is 0 Å². The summed E-state index contributed by atoms with van der Waals surface area (Å²) >= 11 is 5.63. The summed E-state index contributed by atoms with van der Waals surface area (Å²) in [5, 5.41) is 4.00. The van der Waals surface area contributed by atoms with Crippen molar-refractivity contribution in [3.8, 4) is 0 Å². The van der Waals surface area contributed by atoms with Crippen molar-refractivity contribution in [2.45, 2.75) is 45.6 Å². The molecule has 1 unspecified atom stereocenters.